The van der Waals surface area contributed by atoms with Crippen LogP contribution in [-0.2, 0) is 19.6 Å². The average molecular weight is 182 g/mol. The van der Waals surface area contributed by atoms with Gasteiger partial charge in [-0.3, -0.25) is 4.55 Å². The predicted octanol–water partition coefficient (Wildman–Crippen LogP) is -0.710. The molecule has 0 saturated carbocycles. The normalized spacial score (nSPS) is 23.5. The van der Waals surface area contributed by atoms with E-state index < -0.39 is 10.1 Å². The van der Waals surface area contributed by atoms with Crippen LogP contribution in [0.25, 0.3) is 0 Å². The maximum atomic E-state index is 10.1. The third-order valence-electron chi connectivity index (χ3n) is 1.19. The van der Waals surface area contributed by atoms with Crippen LogP contribution in [0.3, 0.4) is 0 Å². The second-order valence-corrected chi connectivity index (χ2v) is 3.89. The minimum absolute atomic E-state index is 0.0265. The lowest BCUT2D eigenvalue weighted by Crippen LogP contribution is -2.12. The molecule has 1 aliphatic rings. The third-order valence-corrected chi connectivity index (χ3v) is 1.87. The minimum atomic E-state index is -3.87. The predicted molar refractivity (Wildman–Crippen MR) is 37.0 cm³/mol. The second-order valence-electron chi connectivity index (χ2n) is 2.32. The van der Waals surface area contributed by atoms with Gasteiger partial charge in [0.15, 0.2) is 0 Å². The summed E-state index contributed by atoms with van der Waals surface area (Å²) < 4.78 is 38.2. The highest BCUT2D eigenvalue weighted by Gasteiger charge is 2.22. The first-order valence-electron chi connectivity index (χ1n) is 3.22. The molecule has 0 amide bonds. The number of hydrogen-bond acceptors (Lipinski definition) is 4. The number of hydrogen-bond donors (Lipinski definition) is 1. The van der Waals surface area contributed by atoms with Crippen LogP contribution in [0.15, 0.2) is 0 Å². The summed E-state index contributed by atoms with van der Waals surface area (Å²) in [5.74, 6) is -0.348. The van der Waals surface area contributed by atoms with Gasteiger partial charge in [-0.1, -0.05) is 0 Å². The minimum Gasteiger partial charge on any atom is -0.378 e. The molecule has 1 fully saturated rings. The molecule has 1 saturated heterocycles. The van der Waals surface area contributed by atoms with E-state index in [1.54, 1.807) is 0 Å². The van der Waals surface area contributed by atoms with Gasteiger partial charge in [0.05, 0.1) is 25.6 Å². The fraction of sp³-hybridized carbons (Fsp3) is 1.00. The van der Waals surface area contributed by atoms with Crippen molar-refractivity contribution in [3.63, 3.8) is 0 Å². The van der Waals surface area contributed by atoms with Crippen molar-refractivity contribution in [3.8, 4) is 0 Å². The fourth-order valence-electron chi connectivity index (χ4n) is 0.543. The standard InChI is InChI=1S/C5H10O5S/c6-11(7,8)2-1-9-3-5-4-10-5/h5H,1-4H2,(H,6,7,8). The Labute approximate surface area is 65.0 Å². The van der Waals surface area contributed by atoms with Crippen LogP contribution in [0.1, 0.15) is 0 Å². The molecule has 66 valence electrons. The summed E-state index contributed by atoms with van der Waals surface area (Å²) in [6, 6.07) is 0. The van der Waals surface area contributed by atoms with Crippen LogP contribution in [0.2, 0.25) is 0 Å². The lowest BCUT2D eigenvalue weighted by Gasteiger charge is -1.98. The average Bonchev–Trinajstić information content (AvgIpc) is 2.60. The summed E-state index contributed by atoms with van der Waals surface area (Å²) in [6.07, 6.45) is 0.136. The lowest BCUT2D eigenvalue weighted by molar-refractivity contribution is 0.128. The Balaban J connectivity index is 1.95. The van der Waals surface area contributed by atoms with E-state index in [9.17, 15) is 8.42 Å². The smallest absolute Gasteiger partial charge is 0.267 e. The van der Waals surface area contributed by atoms with Crippen molar-refractivity contribution in [3.05, 3.63) is 0 Å². The fourth-order valence-corrected chi connectivity index (χ4v) is 0.872. The zero-order chi connectivity index (χ0) is 8.32. The molecule has 5 nitrogen and oxygen atoms in total. The molecule has 11 heavy (non-hydrogen) atoms. The van der Waals surface area contributed by atoms with Gasteiger partial charge in [0.2, 0.25) is 0 Å². The summed E-state index contributed by atoms with van der Waals surface area (Å²) in [4.78, 5) is 0. The van der Waals surface area contributed by atoms with E-state index in [2.05, 4.69) is 0 Å². The molecule has 0 spiro atoms. The van der Waals surface area contributed by atoms with Crippen LogP contribution >= 0.6 is 0 Å². The molecule has 1 N–H and O–H groups in total. The first-order chi connectivity index (χ1) is 5.08. The van der Waals surface area contributed by atoms with Crippen LogP contribution in [0.5, 0.6) is 0 Å². The van der Waals surface area contributed by atoms with Gasteiger partial charge in [0.25, 0.3) is 10.1 Å². The first-order valence-corrected chi connectivity index (χ1v) is 4.83. The highest BCUT2D eigenvalue weighted by atomic mass is 32.2. The Bertz CT molecular complexity index is 205. The molecule has 1 heterocycles. The van der Waals surface area contributed by atoms with Crippen molar-refractivity contribution in [2.75, 3.05) is 25.6 Å². The highest BCUT2D eigenvalue weighted by Crippen LogP contribution is 2.08. The Morgan fingerprint density at radius 3 is 2.73 bits per heavy atom. The molecular formula is C5H10O5S. The summed E-state index contributed by atoms with van der Waals surface area (Å²) in [5.41, 5.74) is 0. The van der Waals surface area contributed by atoms with E-state index in [0.29, 0.717) is 13.2 Å². The molecule has 0 bridgehead atoms. The van der Waals surface area contributed by atoms with Gasteiger partial charge >= 0.3 is 0 Å². The van der Waals surface area contributed by atoms with E-state index in [4.69, 9.17) is 14.0 Å². The molecule has 0 radical (unpaired) electrons. The van der Waals surface area contributed by atoms with E-state index in [1.165, 1.54) is 0 Å². The Hall–Kier alpha value is -0.170. The number of ether oxygens (including phenoxy) is 2. The monoisotopic (exact) mass is 182 g/mol. The van der Waals surface area contributed by atoms with Crippen LogP contribution < -0.4 is 0 Å². The maximum absolute atomic E-state index is 10.1. The van der Waals surface area contributed by atoms with Crippen molar-refractivity contribution in [1.29, 1.82) is 0 Å². The SMILES string of the molecule is O=S(=O)(O)CCOCC1CO1. The van der Waals surface area contributed by atoms with Crippen LogP contribution in [-0.4, -0.2) is 44.6 Å². The van der Waals surface area contributed by atoms with E-state index in [0.717, 1.165) is 0 Å². The molecule has 1 unspecified atom stereocenters. The molecule has 1 aliphatic heterocycles. The Morgan fingerprint density at radius 2 is 2.27 bits per heavy atom. The molecule has 0 aromatic rings. The Morgan fingerprint density at radius 1 is 1.64 bits per heavy atom. The summed E-state index contributed by atoms with van der Waals surface area (Å²) in [5, 5.41) is 0. The lowest BCUT2D eigenvalue weighted by atomic mass is 10.5. The van der Waals surface area contributed by atoms with Gasteiger partial charge in [-0.2, -0.15) is 8.42 Å². The van der Waals surface area contributed by atoms with Gasteiger partial charge in [-0.05, 0) is 0 Å². The highest BCUT2D eigenvalue weighted by molar-refractivity contribution is 7.85. The zero-order valence-corrected chi connectivity index (χ0v) is 6.71. The zero-order valence-electron chi connectivity index (χ0n) is 5.89. The molecular weight excluding hydrogens is 172 g/mol. The van der Waals surface area contributed by atoms with E-state index in [1.807, 2.05) is 0 Å². The quantitative estimate of drug-likeness (QED) is 0.345. The van der Waals surface area contributed by atoms with Crippen molar-refractivity contribution >= 4 is 10.1 Å². The van der Waals surface area contributed by atoms with Crippen LogP contribution in [0, 0.1) is 0 Å². The number of rotatable bonds is 5. The Kier molecular flexibility index (Phi) is 2.83. The largest absolute Gasteiger partial charge is 0.378 e. The van der Waals surface area contributed by atoms with Crippen molar-refractivity contribution in [1.82, 2.24) is 0 Å². The third kappa shape index (κ3) is 5.14. The van der Waals surface area contributed by atoms with Crippen molar-refractivity contribution in [2.45, 2.75) is 6.10 Å². The molecule has 0 aliphatic carbocycles. The maximum Gasteiger partial charge on any atom is 0.267 e. The summed E-state index contributed by atoms with van der Waals surface area (Å²) in [6.45, 7) is 1.13. The van der Waals surface area contributed by atoms with Crippen molar-refractivity contribution in [2.24, 2.45) is 0 Å². The molecule has 1 atom stereocenters. The summed E-state index contributed by atoms with van der Waals surface area (Å²) >= 11 is 0. The summed E-state index contributed by atoms with van der Waals surface area (Å²) in [7, 11) is -3.87. The molecule has 0 aromatic heterocycles. The molecule has 1 rings (SSSR count). The van der Waals surface area contributed by atoms with Gasteiger partial charge in [0.1, 0.15) is 6.10 Å². The van der Waals surface area contributed by atoms with Gasteiger partial charge in [-0.25, -0.2) is 0 Å². The number of epoxide rings is 1. The van der Waals surface area contributed by atoms with Crippen LogP contribution in [0.4, 0.5) is 0 Å². The van der Waals surface area contributed by atoms with Gasteiger partial charge in [0, 0.05) is 0 Å². The van der Waals surface area contributed by atoms with E-state index >= 15 is 0 Å². The first kappa shape index (κ1) is 8.92. The second kappa shape index (κ2) is 3.48. The van der Waals surface area contributed by atoms with Gasteiger partial charge in [-0.15, -0.1) is 0 Å². The molecule has 6 heteroatoms. The van der Waals surface area contributed by atoms with Gasteiger partial charge < -0.3 is 9.47 Å². The topological polar surface area (TPSA) is 76.1 Å². The van der Waals surface area contributed by atoms with E-state index in [-0.39, 0.29) is 18.5 Å². The van der Waals surface area contributed by atoms with Crippen molar-refractivity contribution < 1.29 is 22.4 Å². The molecule has 0 aromatic carbocycles.